The van der Waals surface area contributed by atoms with Gasteiger partial charge in [-0.1, -0.05) is 38.2 Å². The molecule has 1 aromatic heterocycles. The van der Waals surface area contributed by atoms with Crippen molar-refractivity contribution in [1.82, 2.24) is 10.3 Å². The highest BCUT2D eigenvalue weighted by Gasteiger charge is 2.25. The summed E-state index contributed by atoms with van der Waals surface area (Å²) in [6.07, 6.45) is 6.44. The zero-order valence-corrected chi connectivity index (χ0v) is 14.5. The Kier molecular flexibility index (Phi) is 5.26. The van der Waals surface area contributed by atoms with Crippen LogP contribution in [0.5, 0.6) is 5.75 Å². The Morgan fingerprint density at radius 2 is 2.08 bits per heavy atom. The number of primary amides is 1. The number of aromatic amines is 1. The number of aromatic nitrogens is 1. The number of H-pyrrole nitrogens is 1. The average Bonchev–Trinajstić information content (AvgIpc) is 3.06. The van der Waals surface area contributed by atoms with E-state index in [1.54, 1.807) is 13.2 Å². The minimum Gasteiger partial charge on any atom is -0.496 e. The van der Waals surface area contributed by atoms with Crippen LogP contribution in [0.4, 0.5) is 0 Å². The van der Waals surface area contributed by atoms with E-state index in [-0.39, 0.29) is 5.91 Å². The number of nitrogens with one attached hydrogen (secondary N) is 2. The zero-order chi connectivity index (χ0) is 17.8. The van der Waals surface area contributed by atoms with Crippen LogP contribution in [-0.2, 0) is 4.79 Å². The van der Waals surface area contributed by atoms with Crippen molar-refractivity contribution in [3.63, 3.8) is 0 Å². The Morgan fingerprint density at radius 3 is 2.76 bits per heavy atom. The van der Waals surface area contributed by atoms with Gasteiger partial charge in [0.05, 0.1) is 7.11 Å². The minimum atomic E-state index is -0.635. The Hall–Kier alpha value is -2.50. The molecule has 1 aromatic carbocycles. The molecule has 6 nitrogen and oxygen atoms in total. The van der Waals surface area contributed by atoms with Crippen LogP contribution in [0.1, 0.15) is 49.0 Å². The van der Waals surface area contributed by atoms with Crippen molar-refractivity contribution in [3.05, 3.63) is 30.0 Å². The predicted octanol–water partition coefficient (Wildman–Crippen LogP) is 2.73. The standard InChI is InChI=1S/C19H25N3O3/c1-25-17-9-5-8-14-13(17)11-16(21-14)19(24)22-15(18(20)23)10-12-6-3-2-4-7-12/h5,8-9,11-12,15,21H,2-4,6-7,10H2,1H3,(H2,20,23)(H,22,24)/t15-/m0/s1. The quantitative estimate of drug-likeness (QED) is 0.752. The van der Waals surface area contributed by atoms with E-state index in [4.69, 9.17) is 10.5 Å². The maximum Gasteiger partial charge on any atom is 0.268 e. The molecule has 3 rings (SSSR count). The van der Waals surface area contributed by atoms with Crippen LogP contribution in [-0.4, -0.2) is 29.9 Å². The van der Waals surface area contributed by atoms with Crippen LogP contribution in [0.25, 0.3) is 10.9 Å². The van der Waals surface area contributed by atoms with Crippen LogP contribution < -0.4 is 15.8 Å². The van der Waals surface area contributed by atoms with Crippen LogP contribution in [0.15, 0.2) is 24.3 Å². The van der Waals surface area contributed by atoms with Gasteiger partial charge >= 0.3 is 0 Å². The molecule has 25 heavy (non-hydrogen) atoms. The van der Waals surface area contributed by atoms with E-state index in [2.05, 4.69) is 10.3 Å². The van der Waals surface area contributed by atoms with E-state index in [1.165, 1.54) is 19.3 Å². The fourth-order valence-corrected chi connectivity index (χ4v) is 3.67. The molecule has 134 valence electrons. The van der Waals surface area contributed by atoms with Gasteiger partial charge in [-0.2, -0.15) is 0 Å². The lowest BCUT2D eigenvalue weighted by Crippen LogP contribution is -2.45. The third kappa shape index (κ3) is 3.95. The molecule has 6 heteroatoms. The number of rotatable bonds is 6. The highest BCUT2D eigenvalue weighted by molar-refractivity contribution is 6.01. The van der Waals surface area contributed by atoms with Crippen molar-refractivity contribution < 1.29 is 14.3 Å². The number of fused-ring (bicyclic) bond motifs is 1. The molecule has 1 saturated carbocycles. The smallest absolute Gasteiger partial charge is 0.268 e. The van der Waals surface area contributed by atoms with Crippen molar-refractivity contribution in [1.29, 1.82) is 0 Å². The Morgan fingerprint density at radius 1 is 1.32 bits per heavy atom. The van der Waals surface area contributed by atoms with Crippen LogP contribution in [0.3, 0.4) is 0 Å². The topological polar surface area (TPSA) is 97.2 Å². The molecule has 1 aliphatic carbocycles. The second-order valence-electron chi connectivity index (χ2n) is 6.77. The van der Waals surface area contributed by atoms with E-state index in [0.29, 0.717) is 23.8 Å². The molecule has 0 radical (unpaired) electrons. The second kappa shape index (κ2) is 7.59. The molecule has 0 aliphatic heterocycles. The predicted molar refractivity (Wildman–Crippen MR) is 96.5 cm³/mol. The molecule has 1 fully saturated rings. The fraction of sp³-hybridized carbons (Fsp3) is 0.474. The number of hydrogen-bond acceptors (Lipinski definition) is 3. The van der Waals surface area contributed by atoms with Crippen molar-refractivity contribution in [2.24, 2.45) is 11.7 Å². The van der Waals surface area contributed by atoms with E-state index in [1.807, 2.05) is 18.2 Å². The van der Waals surface area contributed by atoms with Crippen molar-refractivity contribution in [2.45, 2.75) is 44.6 Å². The summed E-state index contributed by atoms with van der Waals surface area (Å²) in [5, 5.41) is 3.62. The molecule has 0 spiro atoms. The highest BCUT2D eigenvalue weighted by atomic mass is 16.5. The largest absolute Gasteiger partial charge is 0.496 e. The van der Waals surface area contributed by atoms with E-state index in [9.17, 15) is 9.59 Å². The third-order valence-corrected chi connectivity index (χ3v) is 5.03. The van der Waals surface area contributed by atoms with Gasteiger partial charge in [-0.3, -0.25) is 9.59 Å². The van der Waals surface area contributed by atoms with Gasteiger partial charge in [0, 0.05) is 10.9 Å². The maximum absolute atomic E-state index is 12.6. The van der Waals surface area contributed by atoms with Crippen LogP contribution in [0.2, 0.25) is 0 Å². The molecule has 1 heterocycles. The number of benzene rings is 1. The molecule has 0 saturated heterocycles. The monoisotopic (exact) mass is 343 g/mol. The molecule has 2 amide bonds. The van der Waals surface area contributed by atoms with E-state index >= 15 is 0 Å². The second-order valence-corrected chi connectivity index (χ2v) is 6.77. The van der Waals surface area contributed by atoms with Crippen LogP contribution in [0, 0.1) is 5.92 Å². The fourth-order valence-electron chi connectivity index (χ4n) is 3.67. The van der Waals surface area contributed by atoms with Crippen molar-refractivity contribution in [2.75, 3.05) is 7.11 Å². The van der Waals surface area contributed by atoms with Crippen molar-refractivity contribution >= 4 is 22.7 Å². The first-order valence-corrected chi connectivity index (χ1v) is 8.84. The van der Waals surface area contributed by atoms with Gasteiger partial charge in [0.15, 0.2) is 0 Å². The molecule has 0 bridgehead atoms. The SMILES string of the molecule is COc1cccc2[nH]c(C(=O)N[C@@H](CC3CCCCC3)C(N)=O)cc12. The minimum absolute atomic E-state index is 0.321. The lowest BCUT2D eigenvalue weighted by molar-refractivity contribution is -0.120. The van der Waals surface area contributed by atoms with Crippen LogP contribution >= 0.6 is 0 Å². The first-order chi connectivity index (χ1) is 12.1. The Balaban J connectivity index is 1.73. The Bertz CT molecular complexity index is 762. The number of nitrogens with two attached hydrogens (primary N) is 1. The molecule has 2 aromatic rings. The summed E-state index contributed by atoms with van der Waals surface area (Å²) in [5.74, 6) is 0.348. The first-order valence-electron chi connectivity index (χ1n) is 8.84. The first kappa shape index (κ1) is 17.3. The van der Waals surface area contributed by atoms with Crippen molar-refractivity contribution in [3.8, 4) is 5.75 Å². The molecule has 1 aliphatic rings. The summed E-state index contributed by atoms with van der Waals surface area (Å²) in [4.78, 5) is 27.4. The van der Waals surface area contributed by atoms with E-state index < -0.39 is 11.9 Å². The van der Waals surface area contributed by atoms with Gasteiger partial charge in [-0.25, -0.2) is 0 Å². The summed E-state index contributed by atoms with van der Waals surface area (Å²) in [6.45, 7) is 0. The molecule has 1 atom stereocenters. The van der Waals surface area contributed by atoms with Gasteiger partial charge in [-0.15, -0.1) is 0 Å². The number of ether oxygens (including phenoxy) is 1. The van der Waals surface area contributed by atoms with Gasteiger partial charge < -0.3 is 20.8 Å². The number of carbonyl (C=O) groups excluding carboxylic acids is 2. The Labute approximate surface area is 147 Å². The maximum atomic E-state index is 12.6. The number of hydrogen-bond donors (Lipinski definition) is 3. The summed E-state index contributed by atoms with van der Waals surface area (Å²) in [6, 6.07) is 6.68. The molecule has 0 unspecified atom stereocenters. The number of amides is 2. The molecule has 4 N–H and O–H groups in total. The average molecular weight is 343 g/mol. The summed E-state index contributed by atoms with van der Waals surface area (Å²) >= 11 is 0. The van der Waals surface area contributed by atoms with Gasteiger partial charge in [0.2, 0.25) is 5.91 Å². The lowest BCUT2D eigenvalue weighted by Gasteiger charge is -2.25. The van der Waals surface area contributed by atoms with Gasteiger partial charge in [-0.05, 0) is 30.5 Å². The summed E-state index contributed by atoms with van der Waals surface area (Å²) in [5.41, 5.74) is 6.73. The molecular weight excluding hydrogens is 318 g/mol. The third-order valence-electron chi connectivity index (χ3n) is 5.03. The summed E-state index contributed by atoms with van der Waals surface area (Å²) < 4.78 is 5.31. The number of methoxy groups -OCH3 is 1. The van der Waals surface area contributed by atoms with Gasteiger partial charge in [0.25, 0.3) is 5.91 Å². The van der Waals surface area contributed by atoms with Gasteiger partial charge in [0.1, 0.15) is 17.5 Å². The van der Waals surface area contributed by atoms with E-state index in [0.717, 1.165) is 23.7 Å². The number of carbonyl (C=O) groups is 2. The zero-order valence-electron chi connectivity index (χ0n) is 14.5. The normalized spacial score (nSPS) is 16.5. The lowest BCUT2D eigenvalue weighted by atomic mass is 9.84. The summed E-state index contributed by atoms with van der Waals surface area (Å²) in [7, 11) is 1.59. The highest BCUT2D eigenvalue weighted by Crippen LogP contribution is 2.28. The molecular formula is C19H25N3O3.